The molecule has 0 radical (unpaired) electrons. The van der Waals surface area contributed by atoms with Gasteiger partial charge in [-0.25, -0.2) is 0 Å². The molecule has 0 spiro atoms. The van der Waals surface area contributed by atoms with E-state index in [9.17, 15) is 4.79 Å². The van der Waals surface area contributed by atoms with E-state index in [1.807, 2.05) is 12.1 Å². The first kappa shape index (κ1) is 10.7. The van der Waals surface area contributed by atoms with Gasteiger partial charge in [-0.15, -0.1) is 0 Å². The second-order valence-corrected chi connectivity index (χ2v) is 4.41. The fourth-order valence-electron chi connectivity index (χ4n) is 2.43. The van der Waals surface area contributed by atoms with Crippen LogP contribution in [0.15, 0.2) is 24.3 Å². The molecule has 1 aliphatic heterocycles. The number of carbonyl (C=O) groups is 1. The highest BCUT2D eigenvalue weighted by Gasteiger charge is 2.25. The maximum absolute atomic E-state index is 12.4. The summed E-state index contributed by atoms with van der Waals surface area (Å²) in [6, 6.07) is 5.90. The molecule has 2 aliphatic rings. The topological polar surface area (TPSA) is 38.3 Å². The van der Waals surface area contributed by atoms with Crippen LogP contribution in [0.4, 0.5) is 0 Å². The summed E-state index contributed by atoms with van der Waals surface area (Å²) in [5.74, 6) is 0.109. The van der Waals surface area contributed by atoms with Gasteiger partial charge in [0.05, 0.1) is 6.61 Å². The summed E-state index contributed by atoms with van der Waals surface area (Å²) >= 11 is 0. The molecule has 1 saturated heterocycles. The Morgan fingerprint density at radius 2 is 2.35 bits per heavy atom. The van der Waals surface area contributed by atoms with Crippen LogP contribution in [-0.2, 0) is 11.2 Å². The fourth-order valence-corrected chi connectivity index (χ4v) is 2.43. The van der Waals surface area contributed by atoms with Gasteiger partial charge >= 0.3 is 0 Å². The van der Waals surface area contributed by atoms with E-state index in [1.165, 1.54) is 5.56 Å². The molecule has 1 aromatic rings. The van der Waals surface area contributed by atoms with Crippen molar-refractivity contribution in [1.29, 1.82) is 0 Å². The molecular weight excluding hydrogens is 214 g/mol. The van der Waals surface area contributed by atoms with E-state index in [4.69, 9.17) is 4.74 Å². The number of ether oxygens (including phenoxy) is 1. The molecule has 0 saturated carbocycles. The maximum Gasteiger partial charge on any atom is 0.193 e. The number of benzene rings is 1. The molecule has 3 rings (SSSR count). The number of carbonyl (C=O) groups excluding carboxylic acids is 1. The summed E-state index contributed by atoms with van der Waals surface area (Å²) in [6.45, 7) is 2.07. The summed E-state index contributed by atoms with van der Waals surface area (Å²) < 4.78 is 5.52. The summed E-state index contributed by atoms with van der Waals surface area (Å²) in [5, 5.41) is 3.19. The minimum Gasteiger partial charge on any atom is -0.367 e. The lowest BCUT2D eigenvalue weighted by molar-refractivity contribution is 0.0269. The molecule has 1 N–H and O–H groups in total. The number of nitrogens with one attached hydrogen (secondary N) is 1. The predicted octanol–water partition coefficient (Wildman–Crippen LogP) is 1.43. The van der Waals surface area contributed by atoms with Gasteiger partial charge in [-0.05, 0) is 17.5 Å². The smallest absolute Gasteiger partial charge is 0.193 e. The van der Waals surface area contributed by atoms with Gasteiger partial charge in [-0.3, -0.25) is 4.79 Å². The Kier molecular flexibility index (Phi) is 2.79. The van der Waals surface area contributed by atoms with Gasteiger partial charge in [0.1, 0.15) is 6.10 Å². The Hall–Kier alpha value is -1.45. The van der Waals surface area contributed by atoms with Gasteiger partial charge in [0, 0.05) is 18.7 Å². The Labute approximate surface area is 100 Å². The fraction of sp³-hybridized carbons (Fsp3) is 0.357. The van der Waals surface area contributed by atoms with Crippen molar-refractivity contribution in [2.45, 2.75) is 12.5 Å². The standard InChI is InChI=1S/C14H15NO2/c16-14(13-9-15-7-8-17-13)12-6-2-4-10-3-1-5-11(10)12/h1-4,6,13,15H,5,7-9H2. The van der Waals surface area contributed by atoms with Crippen molar-refractivity contribution in [2.75, 3.05) is 19.7 Å². The molecule has 0 aromatic heterocycles. The summed E-state index contributed by atoms with van der Waals surface area (Å²) in [6.07, 6.45) is 4.71. The van der Waals surface area contributed by atoms with Crippen LogP contribution < -0.4 is 5.32 Å². The minimum absolute atomic E-state index is 0.109. The van der Waals surface area contributed by atoms with Crippen LogP contribution in [0, 0.1) is 0 Å². The van der Waals surface area contributed by atoms with E-state index < -0.39 is 0 Å². The van der Waals surface area contributed by atoms with Crippen molar-refractivity contribution in [2.24, 2.45) is 0 Å². The van der Waals surface area contributed by atoms with Crippen LogP contribution in [0.3, 0.4) is 0 Å². The van der Waals surface area contributed by atoms with E-state index in [0.29, 0.717) is 13.2 Å². The van der Waals surface area contributed by atoms with Crippen molar-refractivity contribution in [3.63, 3.8) is 0 Å². The average molecular weight is 229 g/mol. The Morgan fingerprint density at radius 1 is 1.41 bits per heavy atom. The van der Waals surface area contributed by atoms with Gasteiger partial charge in [0.15, 0.2) is 5.78 Å². The lowest BCUT2D eigenvalue weighted by Crippen LogP contribution is -2.43. The van der Waals surface area contributed by atoms with Gasteiger partial charge < -0.3 is 10.1 Å². The van der Waals surface area contributed by atoms with Gasteiger partial charge in [0.2, 0.25) is 0 Å². The first-order valence-corrected chi connectivity index (χ1v) is 6.01. The maximum atomic E-state index is 12.4. The van der Waals surface area contributed by atoms with Crippen LogP contribution in [0.1, 0.15) is 21.5 Å². The molecule has 1 atom stereocenters. The molecular formula is C14H15NO2. The second kappa shape index (κ2) is 4.43. The normalized spacial score (nSPS) is 22.5. The highest BCUT2D eigenvalue weighted by atomic mass is 16.5. The molecule has 88 valence electrons. The molecule has 1 unspecified atom stereocenters. The number of hydrogen-bond donors (Lipinski definition) is 1. The molecule has 3 heteroatoms. The molecule has 1 aliphatic carbocycles. The number of Topliss-reactive ketones (excluding diaryl/α,β-unsaturated/α-hetero) is 1. The third-order valence-corrected chi connectivity index (χ3v) is 3.32. The third-order valence-electron chi connectivity index (χ3n) is 3.32. The number of fused-ring (bicyclic) bond motifs is 1. The second-order valence-electron chi connectivity index (χ2n) is 4.41. The van der Waals surface area contributed by atoms with E-state index in [2.05, 4.69) is 23.5 Å². The first-order chi connectivity index (χ1) is 8.36. The highest BCUT2D eigenvalue weighted by molar-refractivity contribution is 6.02. The van der Waals surface area contributed by atoms with E-state index in [-0.39, 0.29) is 11.9 Å². The van der Waals surface area contributed by atoms with Crippen LogP contribution in [-0.4, -0.2) is 31.6 Å². The zero-order valence-corrected chi connectivity index (χ0v) is 9.61. The number of hydrogen-bond acceptors (Lipinski definition) is 3. The average Bonchev–Trinajstić information content (AvgIpc) is 2.87. The van der Waals surface area contributed by atoms with Crippen LogP contribution in [0.5, 0.6) is 0 Å². The lowest BCUT2D eigenvalue weighted by atomic mass is 9.96. The molecule has 1 heterocycles. The van der Waals surface area contributed by atoms with Gasteiger partial charge in [-0.1, -0.05) is 30.4 Å². The number of ketones is 1. The number of allylic oxidation sites excluding steroid dienone is 1. The molecule has 17 heavy (non-hydrogen) atoms. The highest BCUT2D eigenvalue weighted by Crippen LogP contribution is 2.24. The van der Waals surface area contributed by atoms with Crippen LogP contribution in [0.25, 0.3) is 6.08 Å². The molecule has 0 amide bonds. The van der Waals surface area contributed by atoms with Crippen molar-refractivity contribution >= 4 is 11.9 Å². The zero-order chi connectivity index (χ0) is 11.7. The molecule has 0 bridgehead atoms. The van der Waals surface area contributed by atoms with E-state index >= 15 is 0 Å². The Balaban J connectivity index is 1.89. The monoisotopic (exact) mass is 229 g/mol. The van der Waals surface area contributed by atoms with Crippen molar-refractivity contribution in [3.8, 4) is 0 Å². The van der Waals surface area contributed by atoms with Crippen LogP contribution in [0.2, 0.25) is 0 Å². The van der Waals surface area contributed by atoms with E-state index in [0.717, 1.165) is 24.1 Å². The molecule has 1 fully saturated rings. The largest absolute Gasteiger partial charge is 0.367 e. The SMILES string of the molecule is O=C(c1cccc2c1CC=C2)C1CNCCO1. The molecule has 1 aromatic carbocycles. The summed E-state index contributed by atoms with van der Waals surface area (Å²) in [7, 11) is 0. The lowest BCUT2D eigenvalue weighted by Gasteiger charge is -2.23. The minimum atomic E-state index is -0.323. The Bertz CT molecular complexity index is 473. The molecule has 3 nitrogen and oxygen atoms in total. The van der Waals surface area contributed by atoms with Crippen molar-refractivity contribution in [1.82, 2.24) is 5.32 Å². The van der Waals surface area contributed by atoms with E-state index in [1.54, 1.807) is 0 Å². The first-order valence-electron chi connectivity index (χ1n) is 6.01. The number of morpholine rings is 1. The Morgan fingerprint density at radius 3 is 3.18 bits per heavy atom. The van der Waals surface area contributed by atoms with Crippen molar-refractivity contribution in [3.05, 3.63) is 41.0 Å². The quantitative estimate of drug-likeness (QED) is 0.780. The summed E-state index contributed by atoms with van der Waals surface area (Å²) in [5.41, 5.74) is 3.13. The van der Waals surface area contributed by atoms with Crippen molar-refractivity contribution < 1.29 is 9.53 Å². The predicted molar refractivity (Wildman–Crippen MR) is 66.1 cm³/mol. The third kappa shape index (κ3) is 1.92. The van der Waals surface area contributed by atoms with Gasteiger partial charge in [0.25, 0.3) is 0 Å². The summed E-state index contributed by atoms with van der Waals surface area (Å²) in [4.78, 5) is 12.4. The zero-order valence-electron chi connectivity index (χ0n) is 9.61. The number of rotatable bonds is 2. The van der Waals surface area contributed by atoms with Crippen LogP contribution >= 0.6 is 0 Å². The van der Waals surface area contributed by atoms with Gasteiger partial charge in [-0.2, -0.15) is 0 Å².